The third-order valence-corrected chi connectivity index (χ3v) is 3.24. The van der Waals surface area contributed by atoms with Gasteiger partial charge in [-0.25, -0.2) is 4.68 Å². The van der Waals surface area contributed by atoms with Crippen molar-refractivity contribution in [1.29, 1.82) is 0 Å². The maximum Gasteiger partial charge on any atom is 0.325 e. The Morgan fingerprint density at radius 3 is 2.48 bits per heavy atom. The summed E-state index contributed by atoms with van der Waals surface area (Å²) >= 11 is 0. The second kappa shape index (κ2) is 8.57. The van der Waals surface area contributed by atoms with Gasteiger partial charge in [0.15, 0.2) is 0 Å². The number of rotatable bonds is 8. The van der Waals surface area contributed by atoms with E-state index in [9.17, 15) is 14.4 Å². The number of hydrogen-bond acceptors (Lipinski definition) is 5. The monoisotopic (exact) mass is 345 g/mol. The van der Waals surface area contributed by atoms with Crippen LogP contribution in [0.2, 0.25) is 0 Å². The minimum absolute atomic E-state index is 0.102. The Bertz CT molecular complexity index is 771. The fourth-order valence-electron chi connectivity index (χ4n) is 2.05. The molecule has 0 saturated heterocycles. The van der Waals surface area contributed by atoms with Crippen molar-refractivity contribution in [3.63, 3.8) is 0 Å². The number of aromatic nitrogens is 3. The molecule has 0 saturated carbocycles. The molecule has 3 N–H and O–H groups in total. The molecule has 0 atom stereocenters. The van der Waals surface area contributed by atoms with E-state index in [1.165, 1.54) is 16.9 Å². The number of amides is 2. The maximum atomic E-state index is 12.2. The fourth-order valence-corrected chi connectivity index (χ4v) is 2.05. The molecular formula is C16H19N5O4. The molecule has 2 rings (SSSR count). The minimum Gasteiger partial charge on any atom is -0.480 e. The highest BCUT2D eigenvalue weighted by atomic mass is 16.4. The van der Waals surface area contributed by atoms with E-state index in [4.69, 9.17) is 5.11 Å². The summed E-state index contributed by atoms with van der Waals surface area (Å²) in [5.74, 6) is -1.62. The molecule has 0 fully saturated rings. The van der Waals surface area contributed by atoms with Crippen LogP contribution in [-0.2, 0) is 17.9 Å². The summed E-state index contributed by atoms with van der Waals surface area (Å²) in [6.45, 7) is 2.33. The maximum absolute atomic E-state index is 12.2. The van der Waals surface area contributed by atoms with Crippen LogP contribution in [0, 0.1) is 0 Å². The average Bonchev–Trinajstić information content (AvgIpc) is 3.04. The van der Waals surface area contributed by atoms with Crippen LogP contribution in [0.5, 0.6) is 0 Å². The summed E-state index contributed by atoms with van der Waals surface area (Å²) in [4.78, 5) is 34.7. The molecule has 2 amide bonds. The molecule has 1 aromatic heterocycles. The molecule has 2 aromatic rings. The highest BCUT2D eigenvalue weighted by Crippen LogP contribution is 2.06. The quantitative estimate of drug-likeness (QED) is 0.637. The van der Waals surface area contributed by atoms with Gasteiger partial charge in [0.1, 0.15) is 12.2 Å². The van der Waals surface area contributed by atoms with Gasteiger partial charge in [0.05, 0.1) is 12.7 Å². The minimum atomic E-state index is -1.03. The van der Waals surface area contributed by atoms with E-state index in [-0.39, 0.29) is 24.9 Å². The highest BCUT2D eigenvalue weighted by molar-refractivity contribution is 5.99. The van der Waals surface area contributed by atoms with Crippen molar-refractivity contribution >= 4 is 17.8 Å². The van der Waals surface area contributed by atoms with Gasteiger partial charge < -0.3 is 15.7 Å². The Morgan fingerprint density at radius 2 is 1.84 bits per heavy atom. The highest BCUT2D eigenvalue weighted by Gasteiger charge is 2.11. The summed E-state index contributed by atoms with van der Waals surface area (Å²) in [5.41, 5.74) is 1.20. The number of carbonyl (C=O) groups excluding carboxylic acids is 2. The number of nitrogens with zero attached hydrogens (tertiary/aromatic N) is 3. The first-order chi connectivity index (χ1) is 12.0. The Labute approximate surface area is 144 Å². The van der Waals surface area contributed by atoms with E-state index in [0.29, 0.717) is 23.4 Å². The Morgan fingerprint density at radius 1 is 1.16 bits per heavy atom. The fraction of sp³-hybridized carbons (Fsp3) is 0.312. The van der Waals surface area contributed by atoms with Gasteiger partial charge in [0, 0.05) is 17.7 Å². The topological polar surface area (TPSA) is 126 Å². The van der Waals surface area contributed by atoms with Crippen molar-refractivity contribution in [2.75, 3.05) is 6.54 Å². The Balaban J connectivity index is 1.95. The number of carboxylic acid groups (broad SMARTS) is 1. The second-order valence-corrected chi connectivity index (χ2v) is 5.32. The molecule has 132 valence electrons. The second-order valence-electron chi connectivity index (χ2n) is 5.32. The van der Waals surface area contributed by atoms with E-state index < -0.39 is 5.97 Å². The first-order valence-corrected chi connectivity index (χ1v) is 7.77. The van der Waals surface area contributed by atoms with Gasteiger partial charge in [-0.15, -0.1) is 5.10 Å². The van der Waals surface area contributed by atoms with Crippen LogP contribution in [0.4, 0.5) is 0 Å². The predicted molar refractivity (Wildman–Crippen MR) is 87.9 cm³/mol. The molecule has 1 aromatic carbocycles. The number of aliphatic carboxylic acids is 1. The summed E-state index contributed by atoms with van der Waals surface area (Å²) in [6.07, 6.45) is 2.28. The van der Waals surface area contributed by atoms with E-state index in [0.717, 1.165) is 6.42 Å². The lowest BCUT2D eigenvalue weighted by Crippen LogP contribution is -2.26. The third kappa shape index (κ3) is 5.41. The zero-order chi connectivity index (χ0) is 18.2. The van der Waals surface area contributed by atoms with Crippen molar-refractivity contribution in [3.05, 3.63) is 47.3 Å². The lowest BCUT2D eigenvalue weighted by atomic mass is 10.1. The average molecular weight is 345 g/mol. The van der Waals surface area contributed by atoms with Crippen molar-refractivity contribution in [1.82, 2.24) is 25.6 Å². The van der Waals surface area contributed by atoms with E-state index in [2.05, 4.69) is 20.9 Å². The zero-order valence-corrected chi connectivity index (χ0v) is 13.7. The van der Waals surface area contributed by atoms with Crippen molar-refractivity contribution in [3.8, 4) is 0 Å². The number of carbonyl (C=O) groups is 3. The smallest absolute Gasteiger partial charge is 0.325 e. The zero-order valence-electron chi connectivity index (χ0n) is 13.7. The largest absolute Gasteiger partial charge is 0.480 e. The van der Waals surface area contributed by atoms with Crippen molar-refractivity contribution < 1.29 is 19.5 Å². The molecule has 0 unspecified atom stereocenters. The molecule has 25 heavy (non-hydrogen) atoms. The van der Waals surface area contributed by atoms with Crippen LogP contribution >= 0.6 is 0 Å². The standard InChI is InChI=1S/C16H19N5O4/c1-2-6-17-15(24)11-4-3-5-12(7-11)16(25)18-8-13-9-21(20-19-13)10-14(22)23/h3-5,7,9H,2,6,8,10H2,1H3,(H,17,24)(H,18,25)(H,22,23). The lowest BCUT2D eigenvalue weighted by molar-refractivity contribution is -0.137. The third-order valence-electron chi connectivity index (χ3n) is 3.24. The van der Waals surface area contributed by atoms with Crippen LogP contribution < -0.4 is 10.6 Å². The van der Waals surface area contributed by atoms with Crippen LogP contribution in [-0.4, -0.2) is 44.4 Å². The van der Waals surface area contributed by atoms with Gasteiger partial charge in [0.25, 0.3) is 11.8 Å². The van der Waals surface area contributed by atoms with Crippen LogP contribution in [0.15, 0.2) is 30.5 Å². The van der Waals surface area contributed by atoms with Gasteiger partial charge >= 0.3 is 5.97 Å². The number of hydrogen-bond donors (Lipinski definition) is 3. The first-order valence-electron chi connectivity index (χ1n) is 7.77. The summed E-state index contributed by atoms with van der Waals surface area (Å²) < 4.78 is 1.17. The summed E-state index contributed by atoms with van der Waals surface area (Å²) in [7, 11) is 0. The molecule has 0 radical (unpaired) electrons. The summed E-state index contributed by atoms with van der Waals surface area (Å²) in [5, 5.41) is 21.5. The normalized spacial score (nSPS) is 10.3. The van der Waals surface area contributed by atoms with Gasteiger partial charge in [-0.1, -0.05) is 18.2 Å². The van der Waals surface area contributed by atoms with Crippen molar-refractivity contribution in [2.45, 2.75) is 26.4 Å². The van der Waals surface area contributed by atoms with Crippen molar-refractivity contribution in [2.24, 2.45) is 0 Å². The molecule has 0 aliphatic rings. The SMILES string of the molecule is CCCNC(=O)c1cccc(C(=O)NCc2cn(CC(=O)O)nn2)c1. The molecule has 9 heteroatoms. The van der Waals surface area contributed by atoms with E-state index in [1.54, 1.807) is 18.2 Å². The van der Waals surface area contributed by atoms with Gasteiger partial charge in [-0.3, -0.25) is 14.4 Å². The van der Waals surface area contributed by atoms with Crippen LogP contribution in [0.1, 0.15) is 39.8 Å². The van der Waals surface area contributed by atoms with Gasteiger partial charge in [-0.2, -0.15) is 0 Å². The number of carboxylic acids is 1. The summed E-state index contributed by atoms with van der Waals surface area (Å²) in [6, 6.07) is 6.40. The molecule has 0 aliphatic carbocycles. The Kier molecular flexibility index (Phi) is 6.21. The Hall–Kier alpha value is -3.23. The van der Waals surface area contributed by atoms with Gasteiger partial charge in [-0.05, 0) is 24.6 Å². The predicted octanol–water partition coefficient (Wildman–Crippen LogP) is 0.432. The molecule has 1 heterocycles. The van der Waals surface area contributed by atoms with Crippen LogP contribution in [0.3, 0.4) is 0 Å². The number of nitrogens with one attached hydrogen (secondary N) is 2. The molecule has 0 bridgehead atoms. The molecule has 0 aliphatic heterocycles. The first kappa shape index (κ1) is 18.1. The van der Waals surface area contributed by atoms with Crippen LogP contribution in [0.25, 0.3) is 0 Å². The van der Waals surface area contributed by atoms with E-state index >= 15 is 0 Å². The molecule has 0 spiro atoms. The lowest BCUT2D eigenvalue weighted by Gasteiger charge is -2.06. The van der Waals surface area contributed by atoms with Gasteiger partial charge in [0.2, 0.25) is 0 Å². The number of benzene rings is 1. The molecular weight excluding hydrogens is 326 g/mol. The van der Waals surface area contributed by atoms with E-state index in [1.807, 2.05) is 6.92 Å². The molecule has 9 nitrogen and oxygen atoms in total.